The first-order valence-corrected chi connectivity index (χ1v) is 8.35. The highest BCUT2D eigenvalue weighted by molar-refractivity contribution is 5.83. The molecule has 7 nitrogen and oxygen atoms in total. The summed E-state index contributed by atoms with van der Waals surface area (Å²) in [5, 5.41) is 9.28. The molecule has 0 bridgehead atoms. The summed E-state index contributed by atoms with van der Waals surface area (Å²) < 4.78 is 10.3. The van der Waals surface area contributed by atoms with Crippen molar-refractivity contribution in [2.24, 2.45) is 10.4 Å². The average molecular weight is 330 g/mol. The Balaban J connectivity index is 4.19. The van der Waals surface area contributed by atoms with Crippen molar-refractivity contribution in [3.63, 3.8) is 0 Å². The number of rotatable bonds is 12. The SMILES string of the molecule is CCNC(=O)C(C)(C)CN=C(NCC)NCCCOCCOC. The van der Waals surface area contributed by atoms with E-state index in [4.69, 9.17) is 9.47 Å². The lowest BCUT2D eigenvalue weighted by Gasteiger charge is -2.22. The van der Waals surface area contributed by atoms with Crippen LogP contribution in [0, 0.1) is 5.41 Å². The first-order chi connectivity index (χ1) is 11.0. The van der Waals surface area contributed by atoms with Crippen molar-refractivity contribution in [2.45, 2.75) is 34.1 Å². The van der Waals surface area contributed by atoms with Crippen LogP contribution in [0.1, 0.15) is 34.1 Å². The van der Waals surface area contributed by atoms with Gasteiger partial charge in [0.25, 0.3) is 0 Å². The maximum Gasteiger partial charge on any atom is 0.227 e. The van der Waals surface area contributed by atoms with Gasteiger partial charge in [-0.25, -0.2) is 0 Å². The fourth-order valence-electron chi connectivity index (χ4n) is 1.72. The van der Waals surface area contributed by atoms with E-state index in [9.17, 15) is 4.79 Å². The Labute approximate surface area is 140 Å². The molecule has 0 radical (unpaired) electrons. The summed E-state index contributed by atoms with van der Waals surface area (Å²) in [5.74, 6) is 0.743. The summed E-state index contributed by atoms with van der Waals surface area (Å²) >= 11 is 0. The topological polar surface area (TPSA) is 84.0 Å². The number of carbonyl (C=O) groups excluding carboxylic acids is 1. The second-order valence-electron chi connectivity index (χ2n) is 5.82. The minimum atomic E-state index is -0.526. The molecule has 136 valence electrons. The van der Waals surface area contributed by atoms with Gasteiger partial charge in [-0.15, -0.1) is 0 Å². The van der Waals surface area contributed by atoms with Crippen LogP contribution in [0.4, 0.5) is 0 Å². The average Bonchev–Trinajstić information content (AvgIpc) is 2.51. The Bertz CT molecular complexity index is 346. The van der Waals surface area contributed by atoms with E-state index in [2.05, 4.69) is 20.9 Å². The van der Waals surface area contributed by atoms with Gasteiger partial charge < -0.3 is 25.4 Å². The van der Waals surface area contributed by atoms with Crippen molar-refractivity contribution < 1.29 is 14.3 Å². The van der Waals surface area contributed by atoms with E-state index in [-0.39, 0.29) is 5.91 Å². The lowest BCUT2D eigenvalue weighted by atomic mass is 9.92. The van der Waals surface area contributed by atoms with Gasteiger partial charge in [0.15, 0.2) is 5.96 Å². The van der Waals surface area contributed by atoms with Crippen molar-refractivity contribution >= 4 is 11.9 Å². The van der Waals surface area contributed by atoms with Crippen LogP contribution in [0.2, 0.25) is 0 Å². The number of methoxy groups -OCH3 is 1. The third-order valence-electron chi connectivity index (χ3n) is 3.12. The maximum atomic E-state index is 12.0. The summed E-state index contributed by atoms with van der Waals surface area (Å²) in [7, 11) is 1.66. The van der Waals surface area contributed by atoms with Crippen molar-refractivity contribution in [1.82, 2.24) is 16.0 Å². The van der Waals surface area contributed by atoms with Crippen LogP contribution in [0.25, 0.3) is 0 Å². The fourth-order valence-corrected chi connectivity index (χ4v) is 1.72. The van der Waals surface area contributed by atoms with E-state index in [1.807, 2.05) is 27.7 Å². The molecule has 0 rings (SSSR count). The zero-order valence-corrected chi connectivity index (χ0v) is 15.3. The molecule has 0 saturated heterocycles. The Morgan fingerprint density at radius 2 is 1.74 bits per heavy atom. The number of amides is 1. The molecule has 0 aliphatic rings. The van der Waals surface area contributed by atoms with Crippen LogP contribution in [0.3, 0.4) is 0 Å². The molecule has 0 heterocycles. The number of aliphatic imine (C=N–C) groups is 1. The molecule has 0 aromatic heterocycles. The highest BCUT2D eigenvalue weighted by Gasteiger charge is 2.26. The smallest absolute Gasteiger partial charge is 0.227 e. The molecular formula is C16H34N4O3. The van der Waals surface area contributed by atoms with Gasteiger partial charge in [-0.2, -0.15) is 0 Å². The molecule has 0 atom stereocenters. The molecule has 1 amide bonds. The summed E-state index contributed by atoms with van der Waals surface area (Å²) in [4.78, 5) is 16.5. The summed E-state index contributed by atoms with van der Waals surface area (Å²) in [5.41, 5.74) is -0.526. The summed E-state index contributed by atoms with van der Waals surface area (Å²) in [6, 6.07) is 0. The third-order valence-corrected chi connectivity index (χ3v) is 3.12. The fraction of sp³-hybridized carbons (Fsp3) is 0.875. The van der Waals surface area contributed by atoms with Gasteiger partial charge in [0.05, 0.1) is 25.2 Å². The molecule has 0 saturated carbocycles. The van der Waals surface area contributed by atoms with Gasteiger partial charge in [0.1, 0.15) is 0 Å². The Kier molecular flexibility index (Phi) is 12.4. The van der Waals surface area contributed by atoms with Gasteiger partial charge >= 0.3 is 0 Å². The standard InChI is InChI=1S/C16H34N4O3/c1-6-17-14(21)16(3,4)13-20-15(18-7-2)19-9-8-10-23-12-11-22-5/h6-13H2,1-5H3,(H,17,21)(H2,18,19,20). The van der Waals surface area contributed by atoms with Gasteiger partial charge in [0, 0.05) is 33.4 Å². The molecule has 23 heavy (non-hydrogen) atoms. The van der Waals surface area contributed by atoms with Crippen molar-refractivity contribution in [1.29, 1.82) is 0 Å². The first-order valence-electron chi connectivity index (χ1n) is 8.35. The van der Waals surface area contributed by atoms with E-state index < -0.39 is 5.41 Å². The second-order valence-corrected chi connectivity index (χ2v) is 5.82. The molecule has 0 unspecified atom stereocenters. The zero-order chi connectivity index (χ0) is 17.6. The predicted molar refractivity (Wildman–Crippen MR) is 93.8 cm³/mol. The number of hydrogen-bond acceptors (Lipinski definition) is 4. The van der Waals surface area contributed by atoms with E-state index >= 15 is 0 Å². The van der Waals surface area contributed by atoms with Crippen LogP contribution in [-0.2, 0) is 14.3 Å². The number of carbonyl (C=O) groups is 1. The van der Waals surface area contributed by atoms with Gasteiger partial charge in [-0.3, -0.25) is 9.79 Å². The van der Waals surface area contributed by atoms with Crippen molar-refractivity contribution in [3.05, 3.63) is 0 Å². The van der Waals surface area contributed by atoms with E-state index in [0.29, 0.717) is 32.9 Å². The summed E-state index contributed by atoms with van der Waals surface area (Å²) in [6.07, 6.45) is 0.883. The Morgan fingerprint density at radius 3 is 2.35 bits per heavy atom. The molecule has 0 spiro atoms. The van der Waals surface area contributed by atoms with Crippen LogP contribution < -0.4 is 16.0 Å². The summed E-state index contributed by atoms with van der Waals surface area (Å²) in [6.45, 7) is 12.2. The molecule has 7 heteroatoms. The molecule has 0 aliphatic carbocycles. The van der Waals surface area contributed by atoms with Crippen molar-refractivity contribution in [3.8, 4) is 0 Å². The molecule has 0 fully saturated rings. The van der Waals surface area contributed by atoms with Gasteiger partial charge in [0.2, 0.25) is 5.91 Å². The Morgan fingerprint density at radius 1 is 1.04 bits per heavy atom. The van der Waals surface area contributed by atoms with Crippen LogP contribution in [0.15, 0.2) is 4.99 Å². The van der Waals surface area contributed by atoms with Crippen molar-refractivity contribution in [2.75, 3.05) is 53.1 Å². The molecule has 0 aromatic rings. The quantitative estimate of drug-likeness (QED) is 0.279. The molecule has 3 N–H and O–H groups in total. The van der Waals surface area contributed by atoms with Gasteiger partial charge in [-0.1, -0.05) is 0 Å². The lowest BCUT2D eigenvalue weighted by molar-refractivity contribution is -0.128. The monoisotopic (exact) mass is 330 g/mol. The van der Waals surface area contributed by atoms with Crippen LogP contribution >= 0.6 is 0 Å². The first kappa shape index (κ1) is 21.7. The number of nitrogens with one attached hydrogen (secondary N) is 3. The Hall–Kier alpha value is -1.34. The van der Waals surface area contributed by atoms with E-state index in [0.717, 1.165) is 25.5 Å². The minimum Gasteiger partial charge on any atom is -0.382 e. The lowest BCUT2D eigenvalue weighted by Crippen LogP contribution is -2.42. The normalized spacial score (nSPS) is 12.1. The highest BCUT2D eigenvalue weighted by atomic mass is 16.5. The zero-order valence-electron chi connectivity index (χ0n) is 15.3. The largest absolute Gasteiger partial charge is 0.382 e. The number of hydrogen-bond donors (Lipinski definition) is 3. The number of nitrogens with zero attached hydrogens (tertiary/aromatic N) is 1. The van der Waals surface area contributed by atoms with Crippen LogP contribution in [-0.4, -0.2) is 65.0 Å². The van der Waals surface area contributed by atoms with E-state index in [1.165, 1.54) is 0 Å². The molecule has 0 aromatic carbocycles. The minimum absolute atomic E-state index is 0.0196. The third kappa shape index (κ3) is 10.9. The van der Waals surface area contributed by atoms with E-state index in [1.54, 1.807) is 7.11 Å². The van der Waals surface area contributed by atoms with Crippen LogP contribution in [0.5, 0.6) is 0 Å². The number of ether oxygens (including phenoxy) is 2. The maximum absolute atomic E-state index is 12.0. The molecule has 0 aliphatic heterocycles. The number of guanidine groups is 1. The van der Waals surface area contributed by atoms with Gasteiger partial charge in [-0.05, 0) is 34.1 Å². The highest BCUT2D eigenvalue weighted by Crippen LogP contribution is 2.15. The predicted octanol–water partition coefficient (Wildman–Crippen LogP) is 0.757. The molecular weight excluding hydrogens is 296 g/mol. The second kappa shape index (κ2) is 13.1.